The Bertz CT molecular complexity index is 601. The Morgan fingerprint density at radius 3 is 2.57 bits per heavy atom. The lowest BCUT2D eigenvalue weighted by molar-refractivity contribution is 0.0951. The molecule has 0 bridgehead atoms. The van der Waals surface area contributed by atoms with Gasteiger partial charge >= 0.3 is 0 Å². The van der Waals surface area contributed by atoms with E-state index in [1.54, 1.807) is 18.2 Å². The smallest absolute Gasteiger partial charge is 0.252 e. The van der Waals surface area contributed by atoms with Gasteiger partial charge in [-0.3, -0.25) is 4.79 Å². The molecule has 2 aromatic rings. The van der Waals surface area contributed by atoms with Crippen LogP contribution in [0, 0.1) is 5.82 Å². The summed E-state index contributed by atoms with van der Waals surface area (Å²) in [4.78, 5) is 11.9. The van der Waals surface area contributed by atoms with Crippen molar-refractivity contribution < 1.29 is 13.9 Å². The van der Waals surface area contributed by atoms with E-state index in [9.17, 15) is 9.18 Å². The molecule has 0 aliphatic heterocycles. The summed E-state index contributed by atoms with van der Waals surface area (Å²) in [5.41, 5.74) is 0.608. The van der Waals surface area contributed by atoms with E-state index < -0.39 is 0 Å². The second-order valence-corrected chi connectivity index (χ2v) is 5.25. The van der Waals surface area contributed by atoms with Crippen molar-refractivity contribution in [2.24, 2.45) is 0 Å². The lowest BCUT2D eigenvalue weighted by Crippen LogP contribution is -2.25. The Morgan fingerprint density at radius 1 is 1.14 bits per heavy atom. The van der Waals surface area contributed by atoms with Crippen molar-refractivity contribution in [3.05, 3.63) is 64.4 Å². The van der Waals surface area contributed by atoms with Crippen LogP contribution in [0.25, 0.3) is 0 Å². The molecule has 2 rings (SSSR count). The molecule has 0 atom stereocenters. The highest BCUT2D eigenvalue weighted by molar-refractivity contribution is 9.10. The number of carbonyl (C=O) groups is 1. The maximum absolute atomic E-state index is 12.7. The van der Waals surface area contributed by atoms with Gasteiger partial charge in [0.25, 0.3) is 5.91 Å². The molecule has 0 spiro atoms. The zero-order valence-corrected chi connectivity index (χ0v) is 12.9. The SMILES string of the molecule is O=C(NCCCOc1ccc(F)cc1)c1ccccc1Br. The molecule has 0 unspecified atom stereocenters. The van der Waals surface area contributed by atoms with Crippen molar-refractivity contribution in [3.8, 4) is 5.75 Å². The van der Waals surface area contributed by atoms with Gasteiger partial charge in [0.1, 0.15) is 11.6 Å². The first kappa shape index (κ1) is 15.5. The quantitative estimate of drug-likeness (QED) is 0.804. The van der Waals surface area contributed by atoms with Crippen LogP contribution >= 0.6 is 15.9 Å². The molecule has 21 heavy (non-hydrogen) atoms. The Balaban J connectivity index is 1.69. The Kier molecular flexibility index (Phi) is 5.75. The number of amides is 1. The van der Waals surface area contributed by atoms with E-state index in [1.165, 1.54) is 12.1 Å². The van der Waals surface area contributed by atoms with Gasteiger partial charge in [0, 0.05) is 11.0 Å². The normalized spacial score (nSPS) is 10.2. The fourth-order valence-electron chi connectivity index (χ4n) is 1.74. The van der Waals surface area contributed by atoms with Crippen LogP contribution in [0.1, 0.15) is 16.8 Å². The van der Waals surface area contributed by atoms with Crippen LogP contribution in [0.5, 0.6) is 5.75 Å². The third-order valence-electron chi connectivity index (χ3n) is 2.81. The van der Waals surface area contributed by atoms with Crippen molar-refractivity contribution in [1.82, 2.24) is 5.32 Å². The molecule has 1 N–H and O–H groups in total. The third-order valence-corrected chi connectivity index (χ3v) is 3.50. The minimum Gasteiger partial charge on any atom is -0.494 e. The number of hydrogen-bond donors (Lipinski definition) is 1. The van der Waals surface area contributed by atoms with Gasteiger partial charge in [-0.25, -0.2) is 4.39 Å². The number of benzene rings is 2. The predicted molar refractivity (Wildman–Crippen MR) is 83.0 cm³/mol. The second kappa shape index (κ2) is 7.78. The Hall–Kier alpha value is -1.88. The average molecular weight is 352 g/mol. The van der Waals surface area contributed by atoms with Crippen LogP contribution in [-0.4, -0.2) is 19.1 Å². The molecule has 0 saturated carbocycles. The minimum atomic E-state index is -0.289. The molecule has 1 amide bonds. The predicted octanol–water partition coefficient (Wildman–Crippen LogP) is 3.79. The summed E-state index contributed by atoms with van der Waals surface area (Å²) < 4.78 is 18.9. The second-order valence-electron chi connectivity index (χ2n) is 4.39. The number of nitrogens with one attached hydrogen (secondary N) is 1. The Labute approximate surface area is 131 Å². The first-order chi connectivity index (χ1) is 10.2. The molecule has 2 aromatic carbocycles. The molecule has 110 valence electrons. The van der Waals surface area contributed by atoms with Gasteiger partial charge in [0.05, 0.1) is 12.2 Å². The topological polar surface area (TPSA) is 38.3 Å². The van der Waals surface area contributed by atoms with Gasteiger partial charge in [-0.2, -0.15) is 0 Å². The number of carbonyl (C=O) groups excluding carboxylic acids is 1. The molecule has 5 heteroatoms. The number of hydrogen-bond acceptors (Lipinski definition) is 2. The number of ether oxygens (including phenoxy) is 1. The summed E-state index contributed by atoms with van der Waals surface area (Å²) in [6.45, 7) is 0.975. The van der Waals surface area contributed by atoms with Crippen LogP contribution in [0.15, 0.2) is 53.0 Å². The first-order valence-corrected chi connectivity index (χ1v) is 7.37. The van der Waals surface area contributed by atoms with Gasteiger partial charge in [0.15, 0.2) is 0 Å². The van der Waals surface area contributed by atoms with Crippen molar-refractivity contribution in [2.45, 2.75) is 6.42 Å². The van der Waals surface area contributed by atoms with Crippen LogP contribution in [0.3, 0.4) is 0 Å². The van der Waals surface area contributed by atoms with E-state index in [4.69, 9.17) is 4.74 Å². The monoisotopic (exact) mass is 351 g/mol. The third kappa shape index (κ3) is 4.86. The minimum absolute atomic E-state index is 0.121. The van der Waals surface area contributed by atoms with Gasteiger partial charge in [-0.1, -0.05) is 12.1 Å². The number of halogens is 2. The largest absolute Gasteiger partial charge is 0.494 e. The van der Waals surface area contributed by atoms with Gasteiger partial charge in [-0.15, -0.1) is 0 Å². The van der Waals surface area contributed by atoms with E-state index in [-0.39, 0.29) is 11.7 Å². The lowest BCUT2D eigenvalue weighted by atomic mass is 10.2. The summed E-state index contributed by atoms with van der Waals surface area (Å²) in [5, 5.41) is 2.83. The van der Waals surface area contributed by atoms with Gasteiger partial charge < -0.3 is 10.1 Å². The standard InChI is InChI=1S/C16H15BrFNO2/c17-15-5-2-1-4-14(15)16(20)19-10-3-11-21-13-8-6-12(18)7-9-13/h1-2,4-9H,3,10-11H2,(H,19,20). The van der Waals surface area contributed by atoms with E-state index in [0.717, 1.165) is 4.47 Å². The highest BCUT2D eigenvalue weighted by Gasteiger charge is 2.07. The van der Waals surface area contributed by atoms with E-state index in [2.05, 4.69) is 21.2 Å². The molecular weight excluding hydrogens is 337 g/mol. The van der Waals surface area contributed by atoms with Gasteiger partial charge in [-0.05, 0) is 58.7 Å². The molecule has 3 nitrogen and oxygen atoms in total. The molecule has 0 fully saturated rings. The van der Waals surface area contributed by atoms with Crippen LogP contribution in [0.4, 0.5) is 4.39 Å². The fraction of sp³-hybridized carbons (Fsp3) is 0.188. The van der Waals surface area contributed by atoms with Crippen LogP contribution in [-0.2, 0) is 0 Å². The average Bonchev–Trinajstić information content (AvgIpc) is 2.49. The fourth-order valence-corrected chi connectivity index (χ4v) is 2.20. The zero-order valence-electron chi connectivity index (χ0n) is 11.3. The van der Waals surface area contributed by atoms with Gasteiger partial charge in [0.2, 0.25) is 0 Å². The molecule has 0 aliphatic carbocycles. The van der Waals surface area contributed by atoms with Crippen LogP contribution < -0.4 is 10.1 Å². The van der Waals surface area contributed by atoms with Crippen molar-refractivity contribution in [2.75, 3.05) is 13.2 Å². The summed E-state index contributed by atoms with van der Waals surface area (Å²) in [7, 11) is 0. The maximum Gasteiger partial charge on any atom is 0.252 e. The summed E-state index contributed by atoms with van der Waals surface area (Å²) in [6, 6.07) is 13.1. The van der Waals surface area contributed by atoms with Crippen molar-refractivity contribution in [3.63, 3.8) is 0 Å². The summed E-state index contributed by atoms with van der Waals surface area (Å²) >= 11 is 3.34. The Morgan fingerprint density at radius 2 is 1.86 bits per heavy atom. The van der Waals surface area contributed by atoms with E-state index in [1.807, 2.05) is 18.2 Å². The molecule has 0 heterocycles. The molecule has 0 saturated heterocycles. The lowest BCUT2D eigenvalue weighted by Gasteiger charge is -2.08. The maximum atomic E-state index is 12.7. The molecular formula is C16H15BrFNO2. The van der Waals surface area contributed by atoms with E-state index in [0.29, 0.717) is 30.9 Å². The molecule has 0 radical (unpaired) electrons. The van der Waals surface area contributed by atoms with Crippen molar-refractivity contribution >= 4 is 21.8 Å². The first-order valence-electron chi connectivity index (χ1n) is 6.58. The van der Waals surface area contributed by atoms with Crippen LogP contribution in [0.2, 0.25) is 0 Å². The summed E-state index contributed by atoms with van der Waals surface area (Å²) in [5.74, 6) is 0.209. The zero-order chi connectivity index (χ0) is 15.1. The van der Waals surface area contributed by atoms with Crippen molar-refractivity contribution in [1.29, 1.82) is 0 Å². The van der Waals surface area contributed by atoms with E-state index >= 15 is 0 Å². The number of rotatable bonds is 6. The molecule has 0 aliphatic rings. The molecule has 0 aromatic heterocycles. The highest BCUT2D eigenvalue weighted by atomic mass is 79.9. The summed E-state index contributed by atoms with van der Waals surface area (Å²) in [6.07, 6.45) is 0.674. The highest BCUT2D eigenvalue weighted by Crippen LogP contribution is 2.15.